The van der Waals surface area contributed by atoms with Crippen LogP contribution in [0.2, 0.25) is 0 Å². The van der Waals surface area contributed by atoms with E-state index in [1.807, 2.05) is 6.07 Å². The summed E-state index contributed by atoms with van der Waals surface area (Å²) in [5.41, 5.74) is 6.92. The van der Waals surface area contributed by atoms with Crippen molar-refractivity contribution in [1.29, 1.82) is 5.41 Å². The van der Waals surface area contributed by atoms with Crippen molar-refractivity contribution in [3.8, 4) is 0 Å². The van der Waals surface area contributed by atoms with Gasteiger partial charge in [0.2, 0.25) is 5.91 Å². The lowest BCUT2D eigenvalue weighted by atomic mass is 9.79. The summed E-state index contributed by atoms with van der Waals surface area (Å²) >= 11 is 1.74. The van der Waals surface area contributed by atoms with Crippen molar-refractivity contribution in [1.82, 2.24) is 4.90 Å². The topological polar surface area (TPSA) is 73.4 Å². The Morgan fingerprint density at radius 3 is 2.48 bits per heavy atom. The van der Waals surface area contributed by atoms with Crippen LogP contribution in [0.1, 0.15) is 78.1 Å². The molecule has 0 spiro atoms. The van der Waals surface area contributed by atoms with Gasteiger partial charge in [-0.05, 0) is 83.4 Å². The van der Waals surface area contributed by atoms with Gasteiger partial charge in [0.25, 0.3) is 0 Å². The predicted molar refractivity (Wildman–Crippen MR) is 139 cm³/mol. The van der Waals surface area contributed by atoms with Crippen molar-refractivity contribution in [2.24, 2.45) is 17.6 Å². The predicted octanol–water partition coefficient (Wildman–Crippen LogP) is 5.67. The van der Waals surface area contributed by atoms with Crippen molar-refractivity contribution in [2.75, 3.05) is 18.0 Å². The van der Waals surface area contributed by atoms with Crippen LogP contribution in [0.5, 0.6) is 0 Å². The molecule has 3 unspecified atom stereocenters. The normalized spacial score (nSPS) is 30.8. The third-order valence-electron chi connectivity index (χ3n) is 8.18. The molecule has 5 atom stereocenters. The molecule has 2 fully saturated rings. The number of piperidine rings is 1. The largest absolute Gasteiger partial charge is 0.387 e. The number of thioether (sulfide) groups is 1. The number of nitrogens with two attached hydrogens (primary N) is 1. The van der Waals surface area contributed by atoms with Gasteiger partial charge < -0.3 is 10.6 Å². The van der Waals surface area contributed by atoms with Crippen LogP contribution >= 0.6 is 11.8 Å². The molecule has 2 heterocycles. The maximum absolute atomic E-state index is 13.7. The minimum atomic E-state index is -0.0444. The Hall–Kier alpha value is -1.53. The first-order chi connectivity index (χ1) is 16.0. The summed E-state index contributed by atoms with van der Waals surface area (Å²) in [6.45, 7) is 6.73. The number of amidine groups is 1. The number of anilines is 1. The SMILES string of the molecule is C[C@@H]1CCC[C@H](C)N1CCCCCN1C(=O)C(C2CCCC(C(=N)N)C2)Sc2ccccc21. The average molecular weight is 471 g/mol. The van der Waals surface area contributed by atoms with Crippen LogP contribution in [0.15, 0.2) is 29.2 Å². The molecule has 1 aromatic rings. The molecule has 1 aromatic carbocycles. The monoisotopic (exact) mass is 470 g/mol. The highest BCUT2D eigenvalue weighted by atomic mass is 32.2. The lowest BCUT2D eigenvalue weighted by molar-refractivity contribution is -0.119. The lowest BCUT2D eigenvalue weighted by Crippen LogP contribution is -2.46. The number of hydrogen-bond acceptors (Lipinski definition) is 4. The molecular formula is C27H42N4OS. The number of amides is 1. The van der Waals surface area contributed by atoms with Gasteiger partial charge in [0.1, 0.15) is 0 Å². The van der Waals surface area contributed by atoms with Crippen molar-refractivity contribution >= 4 is 29.2 Å². The zero-order chi connectivity index (χ0) is 23.4. The lowest BCUT2D eigenvalue weighted by Gasteiger charge is -2.40. The van der Waals surface area contributed by atoms with Crippen LogP contribution in [-0.4, -0.2) is 47.1 Å². The van der Waals surface area contributed by atoms with Crippen molar-refractivity contribution in [3.63, 3.8) is 0 Å². The van der Waals surface area contributed by atoms with Gasteiger partial charge in [-0.1, -0.05) is 31.4 Å². The molecule has 1 saturated carbocycles. The van der Waals surface area contributed by atoms with Gasteiger partial charge in [0.15, 0.2) is 0 Å². The Bertz CT molecular complexity index is 820. The van der Waals surface area contributed by atoms with E-state index in [1.165, 1.54) is 37.1 Å². The quantitative estimate of drug-likeness (QED) is 0.292. The number of carbonyl (C=O) groups is 1. The number of nitrogens with one attached hydrogen (secondary N) is 1. The van der Waals surface area contributed by atoms with E-state index in [4.69, 9.17) is 11.1 Å². The molecule has 1 aliphatic carbocycles. The number of hydrogen-bond donors (Lipinski definition) is 2. The maximum Gasteiger partial charge on any atom is 0.240 e. The summed E-state index contributed by atoms with van der Waals surface area (Å²) in [7, 11) is 0. The average Bonchev–Trinajstić information content (AvgIpc) is 2.81. The molecule has 0 radical (unpaired) electrons. The standard InChI is InChI=1S/C27H42N4OS/c1-19-10-8-11-20(2)30(19)16-6-3-7-17-31-23-14-4-5-15-24(23)33-25(27(31)32)21-12-9-13-22(18-21)26(28)29/h4-5,14-15,19-22,25H,3,6-13,16-18H2,1-2H3,(H3,28,29)/t19-,20+,21?,22?,25?. The number of rotatable bonds is 8. The Labute approximate surface area is 204 Å². The molecule has 6 heteroatoms. The maximum atomic E-state index is 13.7. The number of likely N-dealkylation sites (tertiary alicyclic amines) is 1. The first-order valence-corrected chi connectivity index (χ1v) is 14.0. The fourth-order valence-electron chi connectivity index (χ4n) is 6.21. The summed E-state index contributed by atoms with van der Waals surface area (Å²) in [4.78, 5) is 19.7. The van der Waals surface area contributed by atoms with E-state index >= 15 is 0 Å². The molecule has 3 N–H and O–H groups in total. The van der Waals surface area contributed by atoms with E-state index in [2.05, 4.69) is 41.8 Å². The zero-order valence-electron chi connectivity index (χ0n) is 20.5. The number of fused-ring (bicyclic) bond motifs is 1. The van der Waals surface area contributed by atoms with Crippen LogP contribution in [-0.2, 0) is 4.79 Å². The van der Waals surface area contributed by atoms with Gasteiger partial charge in [0, 0.05) is 29.4 Å². The van der Waals surface area contributed by atoms with E-state index in [1.54, 1.807) is 11.8 Å². The van der Waals surface area contributed by atoms with Gasteiger partial charge in [-0.2, -0.15) is 0 Å². The smallest absolute Gasteiger partial charge is 0.240 e. The molecule has 0 bridgehead atoms. The molecule has 0 aromatic heterocycles. The summed E-state index contributed by atoms with van der Waals surface area (Å²) in [6, 6.07) is 9.81. The molecule has 2 aliphatic heterocycles. The van der Waals surface area contributed by atoms with Crippen molar-refractivity contribution in [3.05, 3.63) is 24.3 Å². The minimum Gasteiger partial charge on any atom is -0.387 e. The second-order valence-electron chi connectivity index (χ2n) is 10.5. The first kappa shape index (κ1) is 24.6. The first-order valence-electron chi connectivity index (χ1n) is 13.1. The Morgan fingerprint density at radius 1 is 1.03 bits per heavy atom. The van der Waals surface area contributed by atoms with Crippen LogP contribution in [0.25, 0.3) is 0 Å². The molecule has 1 saturated heterocycles. The van der Waals surface area contributed by atoms with Gasteiger partial charge in [-0.15, -0.1) is 11.8 Å². The summed E-state index contributed by atoms with van der Waals surface area (Å²) in [5.74, 6) is 1.01. The third-order valence-corrected chi connectivity index (χ3v) is 9.62. The van der Waals surface area contributed by atoms with Crippen molar-refractivity contribution in [2.45, 2.75) is 100 Å². The third kappa shape index (κ3) is 5.76. The van der Waals surface area contributed by atoms with E-state index in [-0.39, 0.29) is 17.1 Å². The zero-order valence-corrected chi connectivity index (χ0v) is 21.3. The fourth-order valence-corrected chi connectivity index (χ4v) is 7.61. The summed E-state index contributed by atoms with van der Waals surface area (Å²) in [6.07, 6.45) is 11.4. The van der Waals surface area contributed by atoms with Crippen molar-refractivity contribution < 1.29 is 4.79 Å². The van der Waals surface area contributed by atoms with Gasteiger partial charge in [-0.25, -0.2) is 0 Å². The Kier molecular flexibility index (Phi) is 8.39. The number of nitrogens with zero attached hydrogens (tertiary/aromatic N) is 2. The highest BCUT2D eigenvalue weighted by Crippen LogP contribution is 2.45. The Balaban J connectivity index is 1.36. The molecule has 182 valence electrons. The van der Waals surface area contributed by atoms with Crippen LogP contribution in [0, 0.1) is 17.2 Å². The van der Waals surface area contributed by atoms with Gasteiger partial charge >= 0.3 is 0 Å². The van der Waals surface area contributed by atoms with Crippen LogP contribution in [0.3, 0.4) is 0 Å². The van der Waals surface area contributed by atoms with E-state index < -0.39 is 0 Å². The second kappa shape index (κ2) is 11.3. The second-order valence-corrected chi connectivity index (χ2v) is 11.7. The molecule has 3 aliphatic rings. The van der Waals surface area contributed by atoms with Crippen LogP contribution in [0.4, 0.5) is 5.69 Å². The highest BCUT2D eigenvalue weighted by molar-refractivity contribution is 8.01. The minimum absolute atomic E-state index is 0.0444. The van der Waals surface area contributed by atoms with E-state index in [0.717, 1.165) is 50.8 Å². The van der Waals surface area contributed by atoms with E-state index in [9.17, 15) is 4.79 Å². The molecular weight excluding hydrogens is 428 g/mol. The number of carbonyl (C=O) groups excluding carboxylic acids is 1. The molecule has 1 amide bonds. The Morgan fingerprint density at radius 2 is 1.73 bits per heavy atom. The van der Waals surface area contributed by atoms with E-state index in [0.29, 0.717) is 23.8 Å². The number of para-hydroxylation sites is 1. The fraction of sp³-hybridized carbons (Fsp3) is 0.704. The van der Waals surface area contributed by atoms with Crippen LogP contribution < -0.4 is 10.6 Å². The number of unbranched alkanes of at least 4 members (excludes halogenated alkanes) is 2. The summed E-state index contributed by atoms with van der Waals surface area (Å²) in [5, 5.41) is 7.86. The molecule has 5 nitrogen and oxygen atoms in total. The van der Waals surface area contributed by atoms with Gasteiger partial charge in [-0.3, -0.25) is 15.1 Å². The highest BCUT2D eigenvalue weighted by Gasteiger charge is 2.40. The number of benzene rings is 1. The summed E-state index contributed by atoms with van der Waals surface area (Å²) < 4.78 is 0. The van der Waals surface area contributed by atoms with Gasteiger partial charge in [0.05, 0.1) is 16.8 Å². The molecule has 33 heavy (non-hydrogen) atoms. The molecule has 4 rings (SSSR count).